The molecule has 0 unspecified atom stereocenters. The highest BCUT2D eigenvalue weighted by Crippen LogP contribution is 2.33. The number of fused-ring (bicyclic) bond motifs is 1. The van der Waals surface area contributed by atoms with E-state index in [0.717, 1.165) is 10.0 Å². The Labute approximate surface area is 213 Å². The SMILES string of the molecule is CC(C)(CN)CN(Cc1cccc(NC(=O)c2ccccc2Br)c1)C(=O)c1ccc2c(c1)OCO2. The van der Waals surface area contributed by atoms with Crippen LogP contribution in [0.5, 0.6) is 11.5 Å². The fourth-order valence-electron chi connectivity index (χ4n) is 3.80. The molecule has 0 spiro atoms. The van der Waals surface area contributed by atoms with Gasteiger partial charge in [0.05, 0.1) is 5.56 Å². The van der Waals surface area contributed by atoms with Gasteiger partial charge in [0, 0.05) is 28.8 Å². The molecular weight excluding hydrogens is 510 g/mol. The molecule has 182 valence electrons. The molecule has 1 aliphatic rings. The first kappa shape index (κ1) is 24.8. The monoisotopic (exact) mass is 537 g/mol. The van der Waals surface area contributed by atoms with Gasteiger partial charge in [0.1, 0.15) is 0 Å². The summed E-state index contributed by atoms with van der Waals surface area (Å²) in [7, 11) is 0. The number of amides is 2. The van der Waals surface area contributed by atoms with Crippen molar-refractivity contribution in [2.45, 2.75) is 20.4 Å². The molecule has 4 rings (SSSR count). The van der Waals surface area contributed by atoms with Gasteiger partial charge in [-0.25, -0.2) is 0 Å². The third-order valence-electron chi connectivity index (χ3n) is 5.75. The van der Waals surface area contributed by atoms with E-state index in [0.29, 0.717) is 47.9 Å². The minimum atomic E-state index is -0.280. The largest absolute Gasteiger partial charge is 0.454 e. The Bertz CT molecular complexity index is 1240. The van der Waals surface area contributed by atoms with E-state index in [1.807, 2.05) is 56.3 Å². The maximum absolute atomic E-state index is 13.5. The number of hydrogen-bond acceptors (Lipinski definition) is 5. The van der Waals surface area contributed by atoms with Crippen molar-refractivity contribution >= 4 is 33.4 Å². The zero-order valence-corrected chi connectivity index (χ0v) is 21.3. The maximum Gasteiger partial charge on any atom is 0.256 e. The molecule has 0 saturated heterocycles. The Kier molecular flexibility index (Phi) is 7.42. The molecule has 0 radical (unpaired) electrons. The number of nitrogens with one attached hydrogen (secondary N) is 1. The molecule has 35 heavy (non-hydrogen) atoms. The van der Waals surface area contributed by atoms with Gasteiger partial charge in [0.2, 0.25) is 6.79 Å². The number of nitrogens with zero attached hydrogens (tertiary/aromatic N) is 1. The van der Waals surface area contributed by atoms with Crippen LogP contribution in [-0.4, -0.2) is 36.6 Å². The summed E-state index contributed by atoms with van der Waals surface area (Å²) in [5, 5.41) is 2.94. The Balaban J connectivity index is 1.55. The number of nitrogens with two attached hydrogens (primary N) is 1. The van der Waals surface area contributed by atoms with Gasteiger partial charge >= 0.3 is 0 Å². The second-order valence-electron chi connectivity index (χ2n) is 9.23. The van der Waals surface area contributed by atoms with Crippen LogP contribution in [0.25, 0.3) is 0 Å². The Morgan fingerprint density at radius 1 is 1.03 bits per heavy atom. The summed E-state index contributed by atoms with van der Waals surface area (Å²) in [5.41, 5.74) is 8.29. The highest BCUT2D eigenvalue weighted by Gasteiger charge is 2.26. The third kappa shape index (κ3) is 6.01. The number of ether oxygens (including phenoxy) is 2. The van der Waals surface area contributed by atoms with Gasteiger partial charge in [-0.3, -0.25) is 9.59 Å². The smallest absolute Gasteiger partial charge is 0.256 e. The minimum Gasteiger partial charge on any atom is -0.454 e. The van der Waals surface area contributed by atoms with Gasteiger partial charge in [0.15, 0.2) is 11.5 Å². The third-order valence-corrected chi connectivity index (χ3v) is 6.45. The predicted octanol–water partition coefficient (Wildman–Crippen LogP) is 5.06. The molecule has 3 aromatic rings. The molecule has 1 aliphatic heterocycles. The normalized spacial score (nSPS) is 12.3. The second kappa shape index (κ2) is 10.5. The van der Waals surface area contributed by atoms with Crippen LogP contribution < -0.4 is 20.5 Å². The van der Waals surface area contributed by atoms with E-state index < -0.39 is 0 Å². The number of carbonyl (C=O) groups excluding carboxylic acids is 2. The van der Waals surface area contributed by atoms with Crippen LogP contribution in [0, 0.1) is 5.41 Å². The first-order chi connectivity index (χ1) is 16.8. The molecule has 0 atom stereocenters. The number of anilines is 1. The zero-order valence-electron chi connectivity index (χ0n) is 19.7. The molecule has 1 heterocycles. The minimum absolute atomic E-state index is 0.132. The van der Waals surface area contributed by atoms with E-state index >= 15 is 0 Å². The highest BCUT2D eigenvalue weighted by atomic mass is 79.9. The van der Waals surface area contributed by atoms with E-state index in [-0.39, 0.29) is 24.0 Å². The fraction of sp³-hybridized carbons (Fsp3) is 0.259. The van der Waals surface area contributed by atoms with E-state index in [4.69, 9.17) is 15.2 Å². The van der Waals surface area contributed by atoms with Gasteiger partial charge in [0.25, 0.3) is 11.8 Å². The first-order valence-electron chi connectivity index (χ1n) is 11.3. The van der Waals surface area contributed by atoms with Crippen LogP contribution in [0.1, 0.15) is 40.1 Å². The zero-order chi connectivity index (χ0) is 25.0. The van der Waals surface area contributed by atoms with Crippen LogP contribution in [0.15, 0.2) is 71.2 Å². The Hall–Kier alpha value is -3.36. The molecular formula is C27H28BrN3O4. The quantitative estimate of drug-likeness (QED) is 0.419. The topological polar surface area (TPSA) is 93.9 Å². The summed E-state index contributed by atoms with van der Waals surface area (Å²) in [6, 6.07) is 20.0. The Morgan fingerprint density at radius 3 is 2.57 bits per heavy atom. The highest BCUT2D eigenvalue weighted by molar-refractivity contribution is 9.10. The molecule has 3 N–H and O–H groups in total. The van der Waals surface area contributed by atoms with Crippen molar-refractivity contribution in [1.82, 2.24) is 4.90 Å². The Morgan fingerprint density at radius 2 is 1.80 bits per heavy atom. The van der Waals surface area contributed by atoms with Gasteiger partial charge in [-0.15, -0.1) is 0 Å². The predicted molar refractivity (Wildman–Crippen MR) is 139 cm³/mol. The summed E-state index contributed by atoms with van der Waals surface area (Å²) >= 11 is 3.42. The number of benzene rings is 3. The average Bonchev–Trinajstić information content (AvgIpc) is 3.31. The molecule has 3 aromatic carbocycles. The number of rotatable bonds is 8. The summed E-state index contributed by atoms with van der Waals surface area (Å²) in [5.74, 6) is 0.842. The van der Waals surface area contributed by atoms with Crippen molar-refractivity contribution in [2.75, 3.05) is 25.2 Å². The van der Waals surface area contributed by atoms with Crippen LogP contribution in [-0.2, 0) is 6.54 Å². The average molecular weight is 538 g/mol. The lowest BCUT2D eigenvalue weighted by molar-refractivity contribution is 0.0672. The molecule has 0 fully saturated rings. The summed E-state index contributed by atoms with van der Waals surface area (Å²) < 4.78 is 11.5. The summed E-state index contributed by atoms with van der Waals surface area (Å²) in [6.07, 6.45) is 0. The van der Waals surface area contributed by atoms with E-state index in [1.165, 1.54) is 0 Å². The molecule has 0 aliphatic carbocycles. The lowest BCUT2D eigenvalue weighted by Gasteiger charge is -2.32. The van der Waals surface area contributed by atoms with Crippen molar-refractivity contribution in [3.05, 3.63) is 87.9 Å². The van der Waals surface area contributed by atoms with E-state index in [9.17, 15) is 9.59 Å². The van der Waals surface area contributed by atoms with Crippen molar-refractivity contribution in [3.8, 4) is 11.5 Å². The molecule has 7 nitrogen and oxygen atoms in total. The lowest BCUT2D eigenvalue weighted by atomic mass is 9.92. The van der Waals surface area contributed by atoms with Gasteiger partial charge < -0.3 is 25.4 Å². The lowest BCUT2D eigenvalue weighted by Crippen LogP contribution is -2.41. The summed E-state index contributed by atoms with van der Waals surface area (Å²) in [4.78, 5) is 28.1. The molecule has 2 amide bonds. The first-order valence-corrected chi connectivity index (χ1v) is 12.1. The maximum atomic E-state index is 13.5. The number of carbonyl (C=O) groups is 2. The van der Waals surface area contributed by atoms with Crippen molar-refractivity contribution in [1.29, 1.82) is 0 Å². The number of hydrogen-bond donors (Lipinski definition) is 2. The van der Waals surface area contributed by atoms with E-state index in [1.54, 1.807) is 29.2 Å². The van der Waals surface area contributed by atoms with Crippen molar-refractivity contribution in [2.24, 2.45) is 11.1 Å². The summed E-state index contributed by atoms with van der Waals surface area (Å²) in [6.45, 7) is 5.46. The van der Waals surface area contributed by atoms with Gasteiger partial charge in [-0.1, -0.05) is 38.1 Å². The van der Waals surface area contributed by atoms with Crippen molar-refractivity contribution in [3.63, 3.8) is 0 Å². The number of halogens is 1. The fourth-order valence-corrected chi connectivity index (χ4v) is 4.27. The van der Waals surface area contributed by atoms with Crippen LogP contribution in [0.3, 0.4) is 0 Å². The molecule has 0 aromatic heterocycles. The molecule has 0 saturated carbocycles. The van der Waals surface area contributed by atoms with Crippen LogP contribution >= 0.6 is 15.9 Å². The van der Waals surface area contributed by atoms with Crippen LogP contribution in [0.4, 0.5) is 5.69 Å². The van der Waals surface area contributed by atoms with Gasteiger partial charge in [-0.2, -0.15) is 0 Å². The molecule has 0 bridgehead atoms. The standard InChI is InChI=1S/C27H28BrN3O4/c1-27(2,15-29)16-31(26(33)19-10-11-23-24(13-19)35-17-34-23)14-18-6-5-7-20(12-18)30-25(32)21-8-3-4-9-22(21)28/h3-13H,14-17,29H2,1-2H3,(H,30,32). The van der Waals surface area contributed by atoms with Gasteiger partial charge in [-0.05, 0) is 75.9 Å². The van der Waals surface area contributed by atoms with Crippen molar-refractivity contribution < 1.29 is 19.1 Å². The second-order valence-corrected chi connectivity index (χ2v) is 10.1. The molecule has 8 heteroatoms. The van der Waals surface area contributed by atoms with Crippen LogP contribution in [0.2, 0.25) is 0 Å². The van der Waals surface area contributed by atoms with E-state index in [2.05, 4.69) is 21.2 Å².